The molecular formula is C14H18F3NO3. The van der Waals surface area contributed by atoms with Crippen molar-refractivity contribution in [2.45, 2.75) is 25.2 Å². The molecule has 4 nitrogen and oxygen atoms in total. The average Bonchev–Trinajstić information content (AvgIpc) is 2.44. The van der Waals surface area contributed by atoms with Gasteiger partial charge in [0.1, 0.15) is 0 Å². The molecule has 1 atom stereocenters. The van der Waals surface area contributed by atoms with Crippen molar-refractivity contribution in [2.24, 2.45) is 0 Å². The lowest BCUT2D eigenvalue weighted by Gasteiger charge is -2.31. The first-order chi connectivity index (χ1) is 9.85. The molecule has 0 amide bonds. The molecule has 0 fully saturated rings. The molecule has 1 aromatic rings. The van der Waals surface area contributed by atoms with E-state index in [9.17, 15) is 13.2 Å². The summed E-state index contributed by atoms with van der Waals surface area (Å²) < 4.78 is 47.6. The Morgan fingerprint density at radius 3 is 2.29 bits per heavy atom. The van der Waals surface area contributed by atoms with Gasteiger partial charge in [0.25, 0.3) is 0 Å². The molecule has 1 heterocycles. The van der Waals surface area contributed by atoms with Crippen molar-refractivity contribution >= 4 is 0 Å². The summed E-state index contributed by atoms with van der Waals surface area (Å²) in [5.41, 5.74) is 1.93. The number of β-amino-alcohol motifs (C(OH)–C–C–N with tert-alkyl or cyclic N) is 1. The highest BCUT2D eigenvalue weighted by atomic mass is 19.4. The van der Waals surface area contributed by atoms with Crippen LogP contribution in [0.1, 0.15) is 11.1 Å². The zero-order valence-corrected chi connectivity index (χ0v) is 11.9. The topological polar surface area (TPSA) is 41.9 Å². The van der Waals surface area contributed by atoms with Crippen LogP contribution in [0.5, 0.6) is 11.5 Å². The van der Waals surface area contributed by atoms with Crippen LogP contribution in [-0.2, 0) is 13.0 Å². The molecule has 0 aromatic heterocycles. The second-order valence-electron chi connectivity index (χ2n) is 5.02. The number of aliphatic hydroxyl groups is 1. The fraction of sp³-hybridized carbons (Fsp3) is 0.571. The zero-order valence-electron chi connectivity index (χ0n) is 11.9. The molecule has 0 radical (unpaired) electrons. The summed E-state index contributed by atoms with van der Waals surface area (Å²) in [5, 5.41) is 9.16. The van der Waals surface area contributed by atoms with Crippen LogP contribution in [0.15, 0.2) is 12.1 Å². The monoisotopic (exact) mass is 305 g/mol. The largest absolute Gasteiger partial charge is 0.493 e. The van der Waals surface area contributed by atoms with Crippen molar-refractivity contribution in [3.05, 3.63) is 23.3 Å². The average molecular weight is 305 g/mol. The third-order valence-corrected chi connectivity index (χ3v) is 3.61. The maximum Gasteiger partial charge on any atom is 0.415 e. The Morgan fingerprint density at radius 1 is 1.19 bits per heavy atom. The lowest BCUT2D eigenvalue weighted by atomic mass is 9.98. The van der Waals surface area contributed by atoms with Crippen LogP contribution in [0.4, 0.5) is 13.2 Å². The summed E-state index contributed by atoms with van der Waals surface area (Å²) in [7, 11) is 3.05. The highest BCUT2D eigenvalue weighted by Crippen LogP contribution is 2.33. The number of halogens is 3. The van der Waals surface area contributed by atoms with Crippen molar-refractivity contribution in [3.8, 4) is 11.5 Å². The van der Waals surface area contributed by atoms with Crippen molar-refractivity contribution < 1.29 is 27.8 Å². The lowest BCUT2D eigenvalue weighted by Crippen LogP contribution is -2.42. The molecule has 0 bridgehead atoms. The molecule has 1 aliphatic rings. The van der Waals surface area contributed by atoms with Gasteiger partial charge in [0.2, 0.25) is 0 Å². The number of methoxy groups -OCH3 is 2. The van der Waals surface area contributed by atoms with E-state index in [0.29, 0.717) is 31.0 Å². The maximum atomic E-state index is 12.4. The smallest absolute Gasteiger partial charge is 0.415 e. The Kier molecular flexibility index (Phi) is 4.63. The quantitative estimate of drug-likeness (QED) is 0.924. The highest BCUT2D eigenvalue weighted by Gasteiger charge is 2.39. The van der Waals surface area contributed by atoms with Gasteiger partial charge < -0.3 is 14.6 Å². The number of benzene rings is 1. The Labute approximate surface area is 121 Å². The second kappa shape index (κ2) is 6.11. The molecule has 0 aliphatic carbocycles. The van der Waals surface area contributed by atoms with Crippen LogP contribution in [0.25, 0.3) is 0 Å². The molecule has 7 heteroatoms. The first kappa shape index (κ1) is 15.9. The first-order valence-corrected chi connectivity index (χ1v) is 6.56. The van der Waals surface area contributed by atoms with Gasteiger partial charge in [-0.3, -0.25) is 4.90 Å². The minimum absolute atomic E-state index is 0.350. The van der Waals surface area contributed by atoms with E-state index in [0.717, 1.165) is 11.1 Å². The Morgan fingerprint density at radius 2 is 1.76 bits per heavy atom. The number of rotatable bonds is 4. The molecule has 1 aromatic carbocycles. The number of aliphatic hydroxyl groups excluding tert-OH is 1. The van der Waals surface area contributed by atoms with Crippen molar-refractivity contribution in [1.82, 2.24) is 4.90 Å². The van der Waals surface area contributed by atoms with Crippen LogP contribution in [0, 0.1) is 0 Å². The van der Waals surface area contributed by atoms with Crippen molar-refractivity contribution in [1.29, 1.82) is 0 Å². The van der Waals surface area contributed by atoms with Crippen molar-refractivity contribution in [2.75, 3.05) is 27.3 Å². The van der Waals surface area contributed by atoms with Gasteiger partial charge in [-0.25, -0.2) is 0 Å². The minimum atomic E-state index is -4.59. The second-order valence-corrected chi connectivity index (χ2v) is 5.02. The molecule has 1 N–H and O–H groups in total. The molecule has 2 rings (SSSR count). The molecule has 118 valence electrons. The fourth-order valence-electron chi connectivity index (χ4n) is 2.45. The number of alkyl halides is 3. The Bertz CT molecular complexity index is 505. The molecule has 0 saturated carbocycles. The summed E-state index contributed by atoms with van der Waals surface area (Å²) in [5.74, 6) is 1.16. The molecule has 1 aliphatic heterocycles. The van der Waals surface area contributed by atoms with Gasteiger partial charge in [0.15, 0.2) is 17.6 Å². The van der Waals surface area contributed by atoms with Gasteiger partial charge in [0, 0.05) is 19.6 Å². The summed E-state index contributed by atoms with van der Waals surface area (Å²) in [6.07, 6.45) is -6.29. The predicted molar refractivity (Wildman–Crippen MR) is 70.6 cm³/mol. The SMILES string of the molecule is COc1cc2c(cc1OC)CN(CC(O)C(F)(F)F)CC2. The van der Waals surface area contributed by atoms with E-state index in [-0.39, 0.29) is 0 Å². The molecule has 0 saturated heterocycles. The summed E-state index contributed by atoms with van der Waals surface area (Å²) in [6.45, 7) is 0.399. The number of fused-ring (bicyclic) bond motifs is 1. The Hall–Kier alpha value is -1.47. The summed E-state index contributed by atoms with van der Waals surface area (Å²) in [6, 6.07) is 3.63. The third-order valence-electron chi connectivity index (χ3n) is 3.61. The molecule has 1 unspecified atom stereocenters. The standard InChI is InChI=1S/C14H18F3NO3/c1-20-11-5-9-3-4-18(8-13(19)14(15,16)17)7-10(9)6-12(11)21-2/h5-6,13,19H,3-4,7-8H2,1-2H3. The maximum absolute atomic E-state index is 12.4. The van der Waals surface area contributed by atoms with Gasteiger partial charge in [-0.2, -0.15) is 13.2 Å². The van der Waals surface area contributed by atoms with Crippen molar-refractivity contribution in [3.63, 3.8) is 0 Å². The number of hydrogen-bond donors (Lipinski definition) is 1. The Balaban J connectivity index is 2.13. The molecule has 0 spiro atoms. The van der Waals surface area contributed by atoms with E-state index in [1.807, 2.05) is 6.07 Å². The van der Waals surface area contributed by atoms with E-state index in [1.54, 1.807) is 18.1 Å². The lowest BCUT2D eigenvalue weighted by molar-refractivity contribution is -0.208. The van der Waals surface area contributed by atoms with Crippen LogP contribution in [0.2, 0.25) is 0 Å². The number of nitrogens with zero attached hydrogens (tertiary/aromatic N) is 1. The van der Waals surface area contributed by atoms with Gasteiger partial charge >= 0.3 is 6.18 Å². The first-order valence-electron chi connectivity index (χ1n) is 6.56. The van der Waals surface area contributed by atoms with E-state index in [4.69, 9.17) is 14.6 Å². The van der Waals surface area contributed by atoms with Gasteiger partial charge in [-0.05, 0) is 29.7 Å². The number of ether oxygens (including phenoxy) is 2. The van der Waals surface area contributed by atoms with Crippen LogP contribution >= 0.6 is 0 Å². The predicted octanol–water partition coefficient (Wildman–Crippen LogP) is 1.99. The van der Waals surface area contributed by atoms with E-state index in [1.165, 1.54) is 7.11 Å². The minimum Gasteiger partial charge on any atom is -0.493 e. The van der Waals surface area contributed by atoms with Crippen LogP contribution < -0.4 is 9.47 Å². The van der Waals surface area contributed by atoms with Gasteiger partial charge in [-0.15, -0.1) is 0 Å². The summed E-state index contributed by atoms with van der Waals surface area (Å²) in [4.78, 5) is 1.59. The fourth-order valence-corrected chi connectivity index (χ4v) is 2.45. The number of hydrogen-bond acceptors (Lipinski definition) is 4. The van der Waals surface area contributed by atoms with E-state index < -0.39 is 18.8 Å². The van der Waals surface area contributed by atoms with Gasteiger partial charge in [0.05, 0.1) is 14.2 Å². The van der Waals surface area contributed by atoms with Crippen LogP contribution in [0.3, 0.4) is 0 Å². The van der Waals surface area contributed by atoms with Crippen LogP contribution in [-0.4, -0.2) is 49.6 Å². The normalized spacial score (nSPS) is 17.2. The van der Waals surface area contributed by atoms with E-state index in [2.05, 4.69) is 0 Å². The summed E-state index contributed by atoms with van der Waals surface area (Å²) >= 11 is 0. The highest BCUT2D eigenvalue weighted by molar-refractivity contribution is 5.48. The molecular weight excluding hydrogens is 287 g/mol. The molecule has 21 heavy (non-hydrogen) atoms. The van der Waals surface area contributed by atoms with E-state index >= 15 is 0 Å². The van der Waals surface area contributed by atoms with Gasteiger partial charge in [-0.1, -0.05) is 0 Å². The zero-order chi connectivity index (χ0) is 15.6. The third kappa shape index (κ3) is 3.59.